The molecule has 1 rings (SSSR count). The number of rotatable bonds is 5. The van der Waals surface area contributed by atoms with Crippen LogP contribution in [-0.2, 0) is 6.42 Å². The zero-order chi connectivity index (χ0) is 11.3. The van der Waals surface area contributed by atoms with Crippen LogP contribution in [0.1, 0.15) is 49.3 Å². The zero-order valence-corrected chi connectivity index (χ0v) is 11.7. The summed E-state index contributed by atoms with van der Waals surface area (Å²) in [5.41, 5.74) is 4.41. The SMILES string of the molecule is CCCCCCc1c(C)cc(Br)cc1C. The second-order valence-corrected chi connectivity index (χ2v) is 5.24. The van der Waals surface area contributed by atoms with Gasteiger partial charge in [0.05, 0.1) is 0 Å². The summed E-state index contributed by atoms with van der Waals surface area (Å²) in [7, 11) is 0. The number of unbranched alkanes of at least 4 members (excludes halogenated alkanes) is 3. The van der Waals surface area contributed by atoms with E-state index in [0.29, 0.717) is 0 Å². The summed E-state index contributed by atoms with van der Waals surface area (Å²) < 4.78 is 1.20. The molecule has 0 unspecified atom stereocenters. The minimum atomic E-state index is 1.20. The lowest BCUT2D eigenvalue weighted by atomic mass is 9.97. The number of halogens is 1. The first-order chi connectivity index (χ1) is 7.15. The molecule has 0 aliphatic rings. The first-order valence-electron chi connectivity index (χ1n) is 5.90. The molecule has 0 amide bonds. The van der Waals surface area contributed by atoms with E-state index in [-0.39, 0.29) is 0 Å². The average Bonchev–Trinajstić information content (AvgIpc) is 2.15. The standard InChI is InChI=1S/C14H21Br/c1-4-5-6-7-8-14-11(2)9-13(15)10-12(14)3/h9-10H,4-8H2,1-3H3. The minimum Gasteiger partial charge on any atom is -0.0654 e. The highest BCUT2D eigenvalue weighted by Crippen LogP contribution is 2.22. The topological polar surface area (TPSA) is 0 Å². The molecule has 15 heavy (non-hydrogen) atoms. The summed E-state index contributed by atoms with van der Waals surface area (Å²) >= 11 is 3.54. The molecule has 1 aromatic rings. The maximum atomic E-state index is 3.54. The fraction of sp³-hybridized carbons (Fsp3) is 0.571. The van der Waals surface area contributed by atoms with Crippen molar-refractivity contribution in [3.8, 4) is 0 Å². The maximum Gasteiger partial charge on any atom is 0.0180 e. The van der Waals surface area contributed by atoms with Gasteiger partial charge in [-0.15, -0.1) is 0 Å². The third kappa shape index (κ3) is 3.98. The van der Waals surface area contributed by atoms with Crippen LogP contribution in [0.5, 0.6) is 0 Å². The summed E-state index contributed by atoms with van der Waals surface area (Å²) in [5.74, 6) is 0. The van der Waals surface area contributed by atoms with Crippen LogP contribution in [0.2, 0.25) is 0 Å². The van der Waals surface area contributed by atoms with Crippen LogP contribution in [0.15, 0.2) is 16.6 Å². The van der Waals surface area contributed by atoms with Crippen molar-refractivity contribution >= 4 is 15.9 Å². The number of hydrogen-bond acceptors (Lipinski definition) is 0. The van der Waals surface area contributed by atoms with Crippen molar-refractivity contribution < 1.29 is 0 Å². The number of benzene rings is 1. The Morgan fingerprint density at radius 3 is 2.13 bits per heavy atom. The van der Waals surface area contributed by atoms with E-state index in [4.69, 9.17) is 0 Å². The van der Waals surface area contributed by atoms with E-state index in [1.54, 1.807) is 5.56 Å². The molecule has 0 atom stereocenters. The van der Waals surface area contributed by atoms with Gasteiger partial charge in [0.25, 0.3) is 0 Å². The minimum absolute atomic E-state index is 1.20. The van der Waals surface area contributed by atoms with Gasteiger partial charge in [-0.3, -0.25) is 0 Å². The Hall–Kier alpha value is -0.300. The number of aryl methyl sites for hydroxylation is 2. The molecule has 0 saturated carbocycles. The lowest BCUT2D eigenvalue weighted by Crippen LogP contribution is -1.94. The highest BCUT2D eigenvalue weighted by atomic mass is 79.9. The summed E-state index contributed by atoms with van der Waals surface area (Å²) in [4.78, 5) is 0. The highest BCUT2D eigenvalue weighted by Gasteiger charge is 2.03. The van der Waals surface area contributed by atoms with Crippen molar-refractivity contribution in [1.29, 1.82) is 0 Å². The normalized spacial score (nSPS) is 10.7. The molecule has 0 fully saturated rings. The maximum absolute atomic E-state index is 3.54. The number of hydrogen-bond donors (Lipinski definition) is 0. The second kappa shape index (κ2) is 6.32. The fourth-order valence-corrected chi connectivity index (χ4v) is 2.75. The quantitative estimate of drug-likeness (QED) is 0.645. The molecule has 0 N–H and O–H groups in total. The Bertz CT molecular complexity index is 292. The Kier molecular flexibility index (Phi) is 5.38. The Morgan fingerprint density at radius 2 is 1.60 bits per heavy atom. The van der Waals surface area contributed by atoms with Crippen molar-refractivity contribution in [3.05, 3.63) is 33.3 Å². The van der Waals surface area contributed by atoms with Crippen molar-refractivity contribution in [1.82, 2.24) is 0 Å². The van der Waals surface area contributed by atoms with Crippen LogP contribution >= 0.6 is 15.9 Å². The molecule has 0 spiro atoms. The van der Waals surface area contributed by atoms with Gasteiger partial charge < -0.3 is 0 Å². The molecule has 0 aliphatic heterocycles. The Balaban J connectivity index is 2.60. The van der Waals surface area contributed by atoms with Crippen molar-refractivity contribution in [3.63, 3.8) is 0 Å². The molecule has 0 saturated heterocycles. The predicted molar refractivity (Wildman–Crippen MR) is 71.5 cm³/mol. The van der Waals surface area contributed by atoms with Crippen LogP contribution in [0.3, 0.4) is 0 Å². The van der Waals surface area contributed by atoms with E-state index in [2.05, 4.69) is 48.8 Å². The Morgan fingerprint density at radius 1 is 1.00 bits per heavy atom. The van der Waals surface area contributed by atoms with E-state index < -0.39 is 0 Å². The monoisotopic (exact) mass is 268 g/mol. The van der Waals surface area contributed by atoms with Crippen LogP contribution in [0.4, 0.5) is 0 Å². The molecule has 0 heterocycles. The summed E-state index contributed by atoms with van der Waals surface area (Å²) in [6.45, 7) is 6.69. The van der Waals surface area contributed by atoms with E-state index in [0.717, 1.165) is 0 Å². The first-order valence-corrected chi connectivity index (χ1v) is 6.70. The molecule has 1 heteroatoms. The van der Waals surface area contributed by atoms with Gasteiger partial charge in [-0.2, -0.15) is 0 Å². The fourth-order valence-electron chi connectivity index (χ4n) is 2.06. The van der Waals surface area contributed by atoms with Gasteiger partial charge >= 0.3 is 0 Å². The van der Waals surface area contributed by atoms with E-state index >= 15 is 0 Å². The predicted octanol–water partition coefficient (Wildman–Crippen LogP) is 5.19. The lowest BCUT2D eigenvalue weighted by Gasteiger charge is -2.10. The van der Waals surface area contributed by atoms with Gasteiger partial charge in [-0.1, -0.05) is 42.1 Å². The third-order valence-electron chi connectivity index (χ3n) is 2.94. The Labute approximate surface area is 102 Å². The summed E-state index contributed by atoms with van der Waals surface area (Å²) in [5, 5.41) is 0. The first kappa shape index (κ1) is 12.8. The second-order valence-electron chi connectivity index (χ2n) is 4.33. The van der Waals surface area contributed by atoms with Gasteiger partial charge in [0, 0.05) is 4.47 Å². The van der Waals surface area contributed by atoms with E-state index in [9.17, 15) is 0 Å². The summed E-state index contributed by atoms with van der Waals surface area (Å²) in [6.07, 6.45) is 6.63. The van der Waals surface area contributed by atoms with E-state index in [1.807, 2.05) is 0 Å². The molecule has 0 aliphatic carbocycles. The molecular weight excluding hydrogens is 248 g/mol. The zero-order valence-electron chi connectivity index (χ0n) is 10.1. The van der Waals surface area contributed by atoms with Gasteiger partial charge in [0.2, 0.25) is 0 Å². The molecule has 84 valence electrons. The smallest absolute Gasteiger partial charge is 0.0180 e. The van der Waals surface area contributed by atoms with Crippen molar-refractivity contribution in [2.75, 3.05) is 0 Å². The van der Waals surface area contributed by atoms with Crippen LogP contribution in [0, 0.1) is 13.8 Å². The average molecular weight is 269 g/mol. The van der Waals surface area contributed by atoms with Gasteiger partial charge in [0.1, 0.15) is 0 Å². The van der Waals surface area contributed by atoms with Crippen molar-refractivity contribution in [2.24, 2.45) is 0 Å². The lowest BCUT2D eigenvalue weighted by molar-refractivity contribution is 0.664. The van der Waals surface area contributed by atoms with Gasteiger partial charge in [0.15, 0.2) is 0 Å². The van der Waals surface area contributed by atoms with Gasteiger partial charge in [-0.25, -0.2) is 0 Å². The summed E-state index contributed by atoms with van der Waals surface area (Å²) in [6, 6.07) is 4.45. The van der Waals surface area contributed by atoms with Crippen LogP contribution in [0.25, 0.3) is 0 Å². The highest BCUT2D eigenvalue weighted by molar-refractivity contribution is 9.10. The molecule has 0 radical (unpaired) electrons. The largest absolute Gasteiger partial charge is 0.0654 e. The molecule has 0 bridgehead atoms. The van der Waals surface area contributed by atoms with Crippen LogP contribution in [-0.4, -0.2) is 0 Å². The van der Waals surface area contributed by atoms with Gasteiger partial charge in [-0.05, 0) is 55.5 Å². The molecule has 1 aromatic carbocycles. The third-order valence-corrected chi connectivity index (χ3v) is 3.40. The molecule has 0 aromatic heterocycles. The van der Waals surface area contributed by atoms with Crippen LogP contribution < -0.4 is 0 Å². The molecular formula is C14H21Br. The molecule has 0 nitrogen and oxygen atoms in total. The van der Waals surface area contributed by atoms with Crippen molar-refractivity contribution in [2.45, 2.75) is 52.9 Å². The van der Waals surface area contributed by atoms with E-state index in [1.165, 1.54) is 47.7 Å².